The molecule has 2 atom stereocenters. The van der Waals surface area contributed by atoms with Gasteiger partial charge in [0, 0.05) is 32.0 Å². The molecule has 0 aliphatic carbocycles. The lowest BCUT2D eigenvalue weighted by Crippen LogP contribution is -2.46. The fraction of sp³-hybridized carbons (Fsp3) is 0.769. The van der Waals surface area contributed by atoms with Crippen LogP contribution in [0.4, 0.5) is 0 Å². The Kier molecular flexibility index (Phi) is 4.74. The maximum absolute atomic E-state index is 5.90. The standard InChI is InChI=1S/C13H24N4O/c1-4-6-17-7-5-15-13(17)12(14-2)11-10-16(3)8-9-18-11/h5,7,11-12,14H,4,6,8-10H2,1-3H3. The van der Waals surface area contributed by atoms with E-state index >= 15 is 0 Å². The first-order valence-corrected chi connectivity index (χ1v) is 6.74. The third-order valence-corrected chi connectivity index (χ3v) is 3.47. The summed E-state index contributed by atoms with van der Waals surface area (Å²) in [5, 5.41) is 3.36. The maximum Gasteiger partial charge on any atom is 0.128 e. The van der Waals surface area contributed by atoms with Crippen LogP contribution in [0, 0.1) is 0 Å². The molecule has 0 aromatic carbocycles. The molecule has 0 spiro atoms. The molecule has 1 aromatic heterocycles. The van der Waals surface area contributed by atoms with Crippen molar-refractivity contribution in [1.82, 2.24) is 19.8 Å². The van der Waals surface area contributed by atoms with E-state index in [0.717, 1.165) is 38.5 Å². The van der Waals surface area contributed by atoms with E-state index in [2.05, 4.69) is 39.9 Å². The average Bonchev–Trinajstić information content (AvgIpc) is 2.79. The minimum Gasteiger partial charge on any atom is -0.373 e. The zero-order valence-corrected chi connectivity index (χ0v) is 11.6. The summed E-state index contributed by atoms with van der Waals surface area (Å²) in [6.07, 6.45) is 5.22. The van der Waals surface area contributed by atoms with Crippen LogP contribution in [0.15, 0.2) is 12.4 Å². The minimum absolute atomic E-state index is 0.161. The molecule has 1 N–H and O–H groups in total. The predicted molar refractivity (Wildman–Crippen MR) is 71.6 cm³/mol. The van der Waals surface area contributed by atoms with Gasteiger partial charge in [-0.2, -0.15) is 0 Å². The minimum atomic E-state index is 0.161. The molecule has 0 radical (unpaired) electrons. The molecule has 2 unspecified atom stereocenters. The summed E-state index contributed by atoms with van der Waals surface area (Å²) in [4.78, 5) is 6.82. The van der Waals surface area contributed by atoms with Crippen molar-refractivity contribution < 1.29 is 4.74 Å². The molecule has 5 heteroatoms. The lowest BCUT2D eigenvalue weighted by Gasteiger charge is -2.34. The monoisotopic (exact) mass is 252 g/mol. The third kappa shape index (κ3) is 2.91. The predicted octanol–water partition coefficient (Wildman–Crippen LogP) is 0.884. The van der Waals surface area contributed by atoms with Gasteiger partial charge in [0.15, 0.2) is 0 Å². The molecule has 1 aliphatic rings. The van der Waals surface area contributed by atoms with Gasteiger partial charge in [-0.05, 0) is 20.5 Å². The number of nitrogens with one attached hydrogen (secondary N) is 1. The molecule has 1 aliphatic heterocycles. The van der Waals surface area contributed by atoms with E-state index in [1.807, 2.05) is 13.2 Å². The van der Waals surface area contributed by atoms with E-state index in [4.69, 9.17) is 4.74 Å². The molecule has 1 saturated heterocycles. The molecule has 1 fully saturated rings. The average molecular weight is 252 g/mol. The third-order valence-electron chi connectivity index (χ3n) is 3.47. The number of imidazole rings is 1. The van der Waals surface area contributed by atoms with Crippen LogP contribution in [0.25, 0.3) is 0 Å². The summed E-state index contributed by atoms with van der Waals surface area (Å²) in [5.41, 5.74) is 0. The number of hydrogen-bond donors (Lipinski definition) is 1. The highest BCUT2D eigenvalue weighted by molar-refractivity contribution is 5.03. The Labute approximate surface area is 109 Å². The Morgan fingerprint density at radius 2 is 2.44 bits per heavy atom. The zero-order valence-electron chi connectivity index (χ0n) is 11.6. The summed E-state index contributed by atoms with van der Waals surface area (Å²) in [5.74, 6) is 1.08. The molecule has 0 amide bonds. The molecule has 2 heterocycles. The van der Waals surface area contributed by atoms with E-state index < -0.39 is 0 Å². The van der Waals surface area contributed by atoms with Gasteiger partial charge in [-0.3, -0.25) is 0 Å². The van der Waals surface area contributed by atoms with Crippen LogP contribution in [-0.4, -0.2) is 54.3 Å². The molecule has 18 heavy (non-hydrogen) atoms. The highest BCUT2D eigenvalue weighted by Crippen LogP contribution is 2.20. The summed E-state index contributed by atoms with van der Waals surface area (Å²) in [6, 6.07) is 0.161. The van der Waals surface area contributed by atoms with Crippen molar-refractivity contribution in [2.75, 3.05) is 33.8 Å². The lowest BCUT2D eigenvalue weighted by atomic mass is 10.1. The van der Waals surface area contributed by atoms with Gasteiger partial charge < -0.3 is 19.5 Å². The van der Waals surface area contributed by atoms with Crippen LogP contribution in [0.2, 0.25) is 0 Å². The normalized spacial score (nSPS) is 23.2. The quantitative estimate of drug-likeness (QED) is 0.845. The topological polar surface area (TPSA) is 42.3 Å². The first-order valence-electron chi connectivity index (χ1n) is 6.74. The summed E-state index contributed by atoms with van der Waals surface area (Å²) in [7, 11) is 4.12. The fourth-order valence-corrected chi connectivity index (χ4v) is 2.52. The van der Waals surface area contributed by atoms with Gasteiger partial charge in [-0.25, -0.2) is 4.98 Å². The number of ether oxygens (including phenoxy) is 1. The van der Waals surface area contributed by atoms with E-state index in [9.17, 15) is 0 Å². The molecule has 0 bridgehead atoms. The summed E-state index contributed by atoms with van der Waals surface area (Å²) >= 11 is 0. The Hall–Kier alpha value is -0.910. The van der Waals surface area contributed by atoms with Gasteiger partial charge in [0.25, 0.3) is 0 Å². The van der Waals surface area contributed by atoms with Crippen molar-refractivity contribution in [3.63, 3.8) is 0 Å². The number of aryl methyl sites for hydroxylation is 1. The summed E-state index contributed by atoms with van der Waals surface area (Å²) < 4.78 is 8.12. The SMILES string of the molecule is CCCn1ccnc1C(NC)C1CN(C)CCO1. The van der Waals surface area contributed by atoms with Gasteiger partial charge in [-0.1, -0.05) is 6.92 Å². The van der Waals surface area contributed by atoms with Gasteiger partial charge >= 0.3 is 0 Å². The molecular formula is C13H24N4O. The molecular weight excluding hydrogens is 228 g/mol. The lowest BCUT2D eigenvalue weighted by molar-refractivity contribution is -0.0400. The van der Waals surface area contributed by atoms with Crippen LogP contribution in [0.5, 0.6) is 0 Å². The second kappa shape index (κ2) is 6.31. The first kappa shape index (κ1) is 13.5. The van der Waals surface area contributed by atoms with Crippen molar-refractivity contribution >= 4 is 0 Å². The molecule has 102 valence electrons. The van der Waals surface area contributed by atoms with Crippen LogP contribution >= 0.6 is 0 Å². The largest absolute Gasteiger partial charge is 0.373 e. The first-order chi connectivity index (χ1) is 8.76. The Balaban J connectivity index is 2.13. The fourth-order valence-electron chi connectivity index (χ4n) is 2.52. The highest BCUT2D eigenvalue weighted by atomic mass is 16.5. The van der Waals surface area contributed by atoms with Crippen molar-refractivity contribution in [3.05, 3.63) is 18.2 Å². The van der Waals surface area contributed by atoms with Crippen molar-refractivity contribution in [2.24, 2.45) is 0 Å². The molecule has 5 nitrogen and oxygen atoms in total. The van der Waals surface area contributed by atoms with Crippen LogP contribution < -0.4 is 5.32 Å². The second-order valence-electron chi connectivity index (χ2n) is 4.92. The van der Waals surface area contributed by atoms with E-state index in [-0.39, 0.29) is 12.1 Å². The van der Waals surface area contributed by atoms with Crippen molar-refractivity contribution in [1.29, 1.82) is 0 Å². The summed E-state index contributed by atoms with van der Waals surface area (Å²) in [6.45, 7) is 5.95. The Morgan fingerprint density at radius 1 is 1.61 bits per heavy atom. The Bertz CT molecular complexity index is 366. The smallest absolute Gasteiger partial charge is 0.128 e. The zero-order chi connectivity index (χ0) is 13.0. The number of aromatic nitrogens is 2. The maximum atomic E-state index is 5.90. The van der Waals surface area contributed by atoms with Crippen molar-refractivity contribution in [3.8, 4) is 0 Å². The van der Waals surface area contributed by atoms with Gasteiger partial charge in [0.1, 0.15) is 5.82 Å². The van der Waals surface area contributed by atoms with Gasteiger partial charge in [0.05, 0.1) is 18.8 Å². The highest BCUT2D eigenvalue weighted by Gasteiger charge is 2.29. The molecule has 2 rings (SSSR count). The number of morpholine rings is 1. The molecule has 0 saturated carbocycles. The van der Waals surface area contributed by atoms with Crippen molar-refractivity contribution in [2.45, 2.75) is 32.0 Å². The van der Waals surface area contributed by atoms with Gasteiger partial charge in [0.2, 0.25) is 0 Å². The number of hydrogen-bond acceptors (Lipinski definition) is 4. The number of rotatable bonds is 5. The van der Waals surface area contributed by atoms with E-state index in [0.29, 0.717) is 0 Å². The van der Waals surface area contributed by atoms with E-state index in [1.165, 1.54) is 0 Å². The van der Waals surface area contributed by atoms with Crippen LogP contribution in [0.1, 0.15) is 25.2 Å². The number of likely N-dealkylation sites (N-methyl/N-ethyl adjacent to an activating group) is 2. The van der Waals surface area contributed by atoms with Crippen LogP contribution in [-0.2, 0) is 11.3 Å². The van der Waals surface area contributed by atoms with E-state index in [1.54, 1.807) is 0 Å². The number of nitrogens with zero attached hydrogens (tertiary/aromatic N) is 3. The molecule has 1 aromatic rings. The van der Waals surface area contributed by atoms with Gasteiger partial charge in [-0.15, -0.1) is 0 Å². The van der Waals surface area contributed by atoms with Crippen LogP contribution in [0.3, 0.4) is 0 Å². The second-order valence-corrected chi connectivity index (χ2v) is 4.92. The Morgan fingerprint density at radius 3 is 3.11 bits per heavy atom.